The molecule has 11 nitrogen and oxygen atoms in total. The van der Waals surface area contributed by atoms with E-state index in [1.54, 1.807) is 18.4 Å². The van der Waals surface area contributed by atoms with Gasteiger partial charge in [-0.2, -0.15) is 0 Å². The monoisotopic (exact) mass is 590 g/mol. The number of benzene rings is 2. The Balaban J connectivity index is 1.46. The molecule has 218 valence electrons. The molecular formula is C30H31ClN6O5. The van der Waals surface area contributed by atoms with E-state index in [1.165, 1.54) is 0 Å². The van der Waals surface area contributed by atoms with E-state index in [4.69, 9.17) is 21.1 Å². The van der Waals surface area contributed by atoms with E-state index in [1.807, 2.05) is 55.5 Å². The van der Waals surface area contributed by atoms with Crippen molar-refractivity contribution >= 4 is 23.5 Å². The summed E-state index contributed by atoms with van der Waals surface area (Å²) in [6.45, 7) is 5.25. The first-order valence-electron chi connectivity index (χ1n) is 13.6. The molecule has 2 aromatic heterocycles. The van der Waals surface area contributed by atoms with E-state index < -0.39 is 17.5 Å². The minimum absolute atomic E-state index is 0.0691. The van der Waals surface area contributed by atoms with Crippen LogP contribution in [-0.2, 0) is 32.8 Å². The lowest BCUT2D eigenvalue weighted by atomic mass is 9.98. The highest BCUT2D eigenvalue weighted by Gasteiger charge is 2.33. The molecule has 0 atom stereocenters. The number of carbonyl (C=O) groups excluding carboxylic acids is 2. The van der Waals surface area contributed by atoms with E-state index in [9.17, 15) is 14.7 Å². The highest BCUT2D eigenvalue weighted by molar-refractivity contribution is 6.19. The molecule has 0 aliphatic carbocycles. The lowest BCUT2D eigenvalue weighted by molar-refractivity contribution is -0.137. The second kappa shape index (κ2) is 12.3. The molecule has 0 spiro atoms. The minimum atomic E-state index is -1.41. The Morgan fingerprint density at radius 1 is 1.17 bits per heavy atom. The summed E-state index contributed by atoms with van der Waals surface area (Å²) in [7, 11) is 0. The van der Waals surface area contributed by atoms with Crippen molar-refractivity contribution in [1.82, 2.24) is 30.2 Å². The molecule has 0 radical (unpaired) electrons. The number of tetrazole rings is 1. The summed E-state index contributed by atoms with van der Waals surface area (Å²) < 4.78 is 12.6. The van der Waals surface area contributed by atoms with Gasteiger partial charge in [0.1, 0.15) is 29.5 Å². The number of aliphatic hydroxyl groups is 1. The van der Waals surface area contributed by atoms with Crippen LogP contribution in [0.1, 0.15) is 61.2 Å². The Kier molecular flexibility index (Phi) is 8.51. The summed E-state index contributed by atoms with van der Waals surface area (Å²) >= 11 is 5.94. The van der Waals surface area contributed by atoms with Gasteiger partial charge < -0.3 is 19.1 Å². The van der Waals surface area contributed by atoms with E-state index >= 15 is 0 Å². The number of halogens is 1. The molecule has 0 bridgehead atoms. The third kappa shape index (κ3) is 6.12. The number of imidazole rings is 1. The molecule has 0 unspecified atom stereocenters. The lowest BCUT2D eigenvalue weighted by Crippen LogP contribution is -2.24. The van der Waals surface area contributed by atoms with Gasteiger partial charge in [-0.1, -0.05) is 55.5 Å². The Hall–Kier alpha value is -4.35. The van der Waals surface area contributed by atoms with Gasteiger partial charge in [0.25, 0.3) is 0 Å². The van der Waals surface area contributed by atoms with Crippen molar-refractivity contribution in [3.8, 4) is 22.5 Å². The number of cyclic esters (lactones) is 1. The molecule has 0 fully saturated rings. The predicted octanol–water partition coefficient (Wildman–Crippen LogP) is 4.56. The zero-order chi connectivity index (χ0) is 29.9. The van der Waals surface area contributed by atoms with Crippen LogP contribution >= 0.6 is 11.6 Å². The average molecular weight is 591 g/mol. The van der Waals surface area contributed by atoms with E-state index in [-0.39, 0.29) is 36.1 Å². The van der Waals surface area contributed by atoms with E-state index in [0.29, 0.717) is 30.2 Å². The van der Waals surface area contributed by atoms with Gasteiger partial charge in [0, 0.05) is 24.4 Å². The fourth-order valence-corrected chi connectivity index (χ4v) is 5.12. The number of aromatic amines is 1. The molecule has 2 N–H and O–H groups in total. The third-order valence-corrected chi connectivity index (χ3v) is 7.23. The van der Waals surface area contributed by atoms with Crippen LogP contribution in [0, 0.1) is 0 Å². The van der Waals surface area contributed by atoms with Crippen molar-refractivity contribution in [3.63, 3.8) is 0 Å². The van der Waals surface area contributed by atoms with Crippen LogP contribution in [0.3, 0.4) is 0 Å². The standard InChI is InChI=1S/C30H31ClN6O5/c1-4-7-24-32-27(30(2,3)40)26(29(39)41-17-23-20(15-31)14-25(38)42-23)37(24)16-18-10-12-19(13-11-18)21-8-5-6-9-22(21)28-33-35-36-34-28/h5-6,8-13,40H,4,7,14-17H2,1-3H3,(H,33,34,35,36). The maximum atomic E-state index is 13.6. The number of nitrogens with one attached hydrogen (secondary N) is 1. The van der Waals surface area contributed by atoms with Crippen LogP contribution in [0.15, 0.2) is 59.9 Å². The Morgan fingerprint density at radius 2 is 1.90 bits per heavy atom. The van der Waals surface area contributed by atoms with Crippen molar-refractivity contribution in [2.45, 2.75) is 52.2 Å². The third-order valence-electron chi connectivity index (χ3n) is 6.91. The zero-order valence-electron chi connectivity index (χ0n) is 23.6. The van der Waals surface area contributed by atoms with Gasteiger partial charge in [-0.05, 0) is 53.0 Å². The van der Waals surface area contributed by atoms with Gasteiger partial charge in [-0.15, -0.1) is 16.7 Å². The second-order valence-electron chi connectivity index (χ2n) is 10.5. The quantitative estimate of drug-likeness (QED) is 0.190. The fraction of sp³-hybridized carbons (Fsp3) is 0.333. The number of nitrogens with zero attached hydrogens (tertiary/aromatic N) is 5. The van der Waals surface area contributed by atoms with Crippen LogP contribution in [0.5, 0.6) is 0 Å². The molecule has 1 aliphatic rings. The largest absolute Gasteiger partial charge is 0.453 e. The normalized spacial score (nSPS) is 13.5. The van der Waals surface area contributed by atoms with Crippen LogP contribution in [0.4, 0.5) is 0 Å². The number of hydrogen-bond donors (Lipinski definition) is 2. The number of aromatic nitrogens is 6. The molecular weight excluding hydrogens is 560 g/mol. The van der Waals surface area contributed by atoms with E-state index in [0.717, 1.165) is 28.7 Å². The van der Waals surface area contributed by atoms with Crippen LogP contribution in [-0.4, -0.2) is 59.7 Å². The van der Waals surface area contributed by atoms with Gasteiger partial charge in [0.2, 0.25) is 0 Å². The Bertz CT molecular complexity index is 1620. The molecule has 0 amide bonds. The molecule has 42 heavy (non-hydrogen) atoms. The highest BCUT2D eigenvalue weighted by Crippen LogP contribution is 2.31. The number of esters is 2. The van der Waals surface area contributed by atoms with Gasteiger partial charge in [0.15, 0.2) is 11.5 Å². The number of alkyl halides is 1. The summed E-state index contributed by atoms with van der Waals surface area (Å²) in [5.74, 6) is 0.444. The summed E-state index contributed by atoms with van der Waals surface area (Å²) in [4.78, 5) is 30.0. The summed E-state index contributed by atoms with van der Waals surface area (Å²) in [6, 6.07) is 15.8. The number of aryl methyl sites for hydroxylation is 1. The SMILES string of the molecule is CCCc1nc(C(C)(C)O)c(C(=O)OCC2=C(CCl)CC(=O)O2)n1Cc1ccc(-c2ccccc2-c2nnn[nH]2)cc1. The number of rotatable bonds is 11. The second-order valence-corrected chi connectivity index (χ2v) is 10.8. The van der Waals surface area contributed by atoms with E-state index in [2.05, 4.69) is 25.6 Å². The van der Waals surface area contributed by atoms with Gasteiger partial charge in [-0.3, -0.25) is 4.79 Å². The molecule has 1 aliphatic heterocycles. The van der Waals surface area contributed by atoms with Crippen molar-refractivity contribution in [1.29, 1.82) is 0 Å². The van der Waals surface area contributed by atoms with Crippen LogP contribution < -0.4 is 0 Å². The molecule has 3 heterocycles. The first-order chi connectivity index (χ1) is 20.2. The lowest BCUT2D eigenvalue weighted by Gasteiger charge is -2.18. The minimum Gasteiger partial charge on any atom is -0.453 e. The predicted molar refractivity (Wildman–Crippen MR) is 154 cm³/mol. The van der Waals surface area contributed by atoms with Crippen molar-refractivity contribution in [3.05, 3.63) is 82.6 Å². The van der Waals surface area contributed by atoms with Crippen molar-refractivity contribution < 1.29 is 24.2 Å². The molecule has 0 saturated heterocycles. The molecule has 4 aromatic rings. The van der Waals surface area contributed by atoms with Gasteiger partial charge in [0.05, 0.1) is 6.42 Å². The first kappa shape index (κ1) is 29.2. The summed E-state index contributed by atoms with van der Waals surface area (Å²) in [6.07, 6.45) is 1.44. The maximum absolute atomic E-state index is 13.6. The van der Waals surface area contributed by atoms with Gasteiger partial charge >= 0.3 is 11.9 Å². The first-order valence-corrected chi connectivity index (χ1v) is 14.1. The van der Waals surface area contributed by atoms with Crippen LogP contribution in [0.2, 0.25) is 0 Å². The topological polar surface area (TPSA) is 145 Å². The van der Waals surface area contributed by atoms with Crippen molar-refractivity contribution in [2.24, 2.45) is 0 Å². The van der Waals surface area contributed by atoms with Crippen LogP contribution in [0.25, 0.3) is 22.5 Å². The Labute approximate surface area is 247 Å². The summed E-state index contributed by atoms with van der Waals surface area (Å²) in [5, 5.41) is 25.2. The molecule has 12 heteroatoms. The number of carbonyl (C=O) groups is 2. The number of ether oxygens (including phenoxy) is 2. The molecule has 0 saturated carbocycles. The molecule has 5 rings (SSSR count). The number of hydrogen-bond acceptors (Lipinski definition) is 9. The van der Waals surface area contributed by atoms with Gasteiger partial charge in [-0.25, -0.2) is 14.9 Å². The fourth-order valence-electron chi connectivity index (χ4n) is 4.88. The zero-order valence-corrected chi connectivity index (χ0v) is 24.3. The van der Waals surface area contributed by atoms with Crippen molar-refractivity contribution in [2.75, 3.05) is 12.5 Å². The number of H-pyrrole nitrogens is 1. The average Bonchev–Trinajstić information content (AvgIpc) is 3.72. The highest BCUT2D eigenvalue weighted by atomic mass is 35.5. The Morgan fingerprint density at radius 3 is 2.55 bits per heavy atom. The maximum Gasteiger partial charge on any atom is 0.357 e. The molecule has 2 aromatic carbocycles. The smallest absolute Gasteiger partial charge is 0.357 e. The summed E-state index contributed by atoms with van der Waals surface area (Å²) in [5.41, 5.74) is 3.26.